The van der Waals surface area contributed by atoms with Crippen molar-refractivity contribution in [2.75, 3.05) is 5.73 Å². The normalized spacial score (nSPS) is 10.2. The van der Waals surface area contributed by atoms with Crippen LogP contribution >= 0.6 is 0 Å². The molecule has 0 spiro atoms. The number of benzene rings is 2. The summed E-state index contributed by atoms with van der Waals surface area (Å²) in [6.45, 7) is 0. The van der Waals surface area contributed by atoms with Crippen LogP contribution in [0.5, 0.6) is 0 Å². The third-order valence-electron chi connectivity index (χ3n) is 2.89. The van der Waals surface area contributed by atoms with E-state index in [0.29, 0.717) is 23.0 Å². The van der Waals surface area contributed by atoms with E-state index < -0.39 is 0 Å². The highest BCUT2D eigenvalue weighted by Crippen LogP contribution is 2.25. The molecule has 2 aromatic carbocycles. The van der Waals surface area contributed by atoms with Crippen molar-refractivity contribution in [1.82, 2.24) is 10.1 Å². The van der Waals surface area contributed by atoms with E-state index in [1.54, 1.807) is 30.3 Å². The minimum absolute atomic E-state index is 0.396. The van der Waals surface area contributed by atoms with Gasteiger partial charge in [-0.25, -0.2) is 0 Å². The molecule has 3 aromatic rings. The van der Waals surface area contributed by atoms with Crippen molar-refractivity contribution < 1.29 is 4.52 Å². The van der Waals surface area contributed by atoms with Crippen LogP contribution in [-0.2, 0) is 0 Å². The predicted molar refractivity (Wildman–Crippen MR) is 74.3 cm³/mol. The number of hydrogen-bond acceptors (Lipinski definition) is 5. The Morgan fingerprint density at radius 2 is 1.80 bits per heavy atom. The van der Waals surface area contributed by atoms with E-state index in [4.69, 9.17) is 15.5 Å². The summed E-state index contributed by atoms with van der Waals surface area (Å²) in [6, 6.07) is 16.3. The van der Waals surface area contributed by atoms with Crippen LogP contribution in [0.3, 0.4) is 0 Å². The lowest BCUT2D eigenvalue weighted by Crippen LogP contribution is -1.90. The Hall–Kier alpha value is -3.13. The van der Waals surface area contributed by atoms with Gasteiger partial charge in [0.1, 0.15) is 0 Å². The van der Waals surface area contributed by atoms with Crippen LogP contribution in [-0.4, -0.2) is 10.1 Å². The molecule has 0 aliphatic rings. The molecule has 0 fully saturated rings. The van der Waals surface area contributed by atoms with Gasteiger partial charge in [-0.05, 0) is 36.4 Å². The maximum Gasteiger partial charge on any atom is 0.258 e. The molecule has 1 aromatic heterocycles. The number of rotatable bonds is 2. The van der Waals surface area contributed by atoms with Gasteiger partial charge in [-0.3, -0.25) is 0 Å². The fraction of sp³-hybridized carbons (Fsp3) is 0. The zero-order chi connectivity index (χ0) is 13.9. The van der Waals surface area contributed by atoms with Gasteiger partial charge in [0.15, 0.2) is 0 Å². The zero-order valence-corrected chi connectivity index (χ0v) is 10.4. The molecule has 0 saturated carbocycles. The van der Waals surface area contributed by atoms with Gasteiger partial charge in [0, 0.05) is 16.8 Å². The van der Waals surface area contributed by atoms with E-state index >= 15 is 0 Å². The van der Waals surface area contributed by atoms with Crippen LogP contribution in [0.1, 0.15) is 5.56 Å². The van der Waals surface area contributed by atoms with Crippen molar-refractivity contribution in [2.24, 2.45) is 0 Å². The summed E-state index contributed by atoms with van der Waals surface area (Å²) in [7, 11) is 0. The number of anilines is 1. The summed E-state index contributed by atoms with van der Waals surface area (Å²) in [4.78, 5) is 4.33. The predicted octanol–water partition coefficient (Wildman–Crippen LogP) is 2.86. The van der Waals surface area contributed by atoms with Crippen molar-refractivity contribution >= 4 is 5.69 Å². The van der Waals surface area contributed by atoms with Crippen LogP contribution in [0.15, 0.2) is 53.1 Å². The standard InChI is InChI=1S/C15H10N4O/c16-9-10-5-7-11(8-6-10)15-18-14(19-20-15)12-3-1-2-4-13(12)17/h1-8H,17H2. The van der Waals surface area contributed by atoms with E-state index in [0.717, 1.165) is 11.1 Å². The third-order valence-corrected chi connectivity index (χ3v) is 2.89. The molecule has 3 rings (SSSR count). The molecule has 5 nitrogen and oxygen atoms in total. The summed E-state index contributed by atoms with van der Waals surface area (Å²) in [6.07, 6.45) is 0. The van der Waals surface area contributed by atoms with Gasteiger partial charge in [0.25, 0.3) is 5.89 Å². The Kier molecular flexibility index (Phi) is 2.90. The van der Waals surface area contributed by atoms with Gasteiger partial charge in [0.2, 0.25) is 5.82 Å². The Bertz CT molecular complexity index is 784. The fourth-order valence-corrected chi connectivity index (χ4v) is 1.84. The summed E-state index contributed by atoms with van der Waals surface area (Å²) < 4.78 is 5.23. The highest BCUT2D eigenvalue weighted by Gasteiger charge is 2.12. The quantitative estimate of drug-likeness (QED) is 0.717. The SMILES string of the molecule is N#Cc1ccc(-c2nc(-c3ccccc3N)no2)cc1. The molecule has 0 atom stereocenters. The molecule has 20 heavy (non-hydrogen) atoms. The Balaban J connectivity index is 1.98. The number of hydrogen-bond donors (Lipinski definition) is 1. The second-order valence-electron chi connectivity index (χ2n) is 4.20. The molecule has 0 unspecified atom stereocenters. The first-order valence-electron chi connectivity index (χ1n) is 5.97. The maximum atomic E-state index is 8.77. The molecule has 0 radical (unpaired) electrons. The van der Waals surface area contributed by atoms with Crippen molar-refractivity contribution in [1.29, 1.82) is 5.26 Å². The maximum absolute atomic E-state index is 8.77. The van der Waals surface area contributed by atoms with Gasteiger partial charge >= 0.3 is 0 Å². The number of nitrogens with two attached hydrogens (primary N) is 1. The van der Waals surface area contributed by atoms with Crippen LogP contribution in [0.4, 0.5) is 5.69 Å². The van der Waals surface area contributed by atoms with Crippen molar-refractivity contribution in [3.05, 3.63) is 54.1 Å². The lowest BCUT2D eigenvalue weighted by molar-refractivity contribution is 0.432. The Morgan fingerprint density at radius 3 is 2.50 bits per heavy atom. The second kappa shape index (κ2) is 4.86. The van der Waals surface area contributed by atoms with E-state index in [1.807, 2.05) is 18.2 Å². The molecule has 96 valence electrons. The van der Waals surface area contributed by atoms with Crippen molar-refractivity contribution in [3.8, 4) is 28.9 Å². The number of nitrogens with zero attached hydrogens (tertiary/aromatic N) is 3. The van der Waals surface area contributed by atoms with E-state index in [2.05, 4.69) is 16.2 Å². The molecular formula is C15H10N4O. The summed E-state index contributed by atoms with van der Waals surface area (Å²) >= 11 is 0. The number of nitriles is 1. The van der Waals surface area contributed by atoms with Crippen LogP contribution in [0.2, 0.25) is 0 Å². The lowest BCUT2D eigenvalue weighted by atomic mass is 10.1. The number of nitrogen functional groups attached to an aromatic ring is 1. The lowest BCUT2D eigenvalue weighted by Gasteiger charge is -1.98. The molecule has 0 saturated heterocycles. The molecule has 0 amide bonds. The van der Waals surface area contributed by atoms with Crippen LogP contribution < -0.4 is 5.73 Å². The fourth-order valence-electron chi connectivity index (χ4n) is 1.84. The number of aromatic nitrogens is 2. The van der Waals surface area contributed by atoms with Gasteiger partial charge in [0.05, 0.1) is 11.6 Å². The molecule has 5 heteroatoms. The highest BCUT2D eigenvalue weighted by molar-refractivity contribution is 5.72. The molecule has 1 heterocycles. The van der Waals surface area contributed by atoms with Gasteiger partial charge < -0.3 is 10.3 Å². The Labute approximate surface area is 115 Å². The van der Waals surface area contributed by atoms with Gasteiger partial charge in [-0.15, -0.1) is 0 Å². The van der Waals surface area contributed by atoms with Gasteiger partial charge in [-0.2, -0.15) is 10.2 Å². The van der Waals surface area contributed by atoms with Crippen LogP contribution in [0.25, 0.3) is 22.8 Å². The first kappa shape index (κ1) is 11.9. The summed E-state index contributed by atoms with van der Waals surface area (Å²) in [5, 5.41) is 12.7. The largest absolute Gasteiger partial charge is 0.398 e. The Morgan fingerprint density at radius 1 is 1.05 bits per heavy atom. The average Bonchev–Trinajstić information content (AvgIpc) is 2.97. The molecule has 0 bridgehead atoms. The molecule has 0 aliphatic carbocycles. The second-order valence-corrected chi connectivity index (χ2v) is 4.20. The van der Waals surface area contributed by atoms with Crippen molar-refractivity contribution in [3.63, 3.8) is 0 Å². The highest BCUT2D eigenvalue weighted by atomic mass is 16.5. The minimum atomic E-state index is 0.396. The summed E-state index contributed by atoms with van der Waals surface area (Å²) in [5.74, 6) is 0.843. The summed E-state index contributed by atoms with van der Waals surface area (Å²) in [5.41, 5.74) is 8.56. The minimum Gasteiger partial charge on any atom is -0.398 e. The third kappa shape index (κ3) is 2.10. The first-order chi connectivity index (χ1) is 9.78. The first-order valence-corrected chi connectivity index (χ1v) is 5.97. The van der Waals surface area contributed by atoms with E-state index in [1.165, 1.54) is 0 Å². The molecular weight excluding hydrogens is 252 g/mol. The number of para-hydroxylation sites is 1. The smallest absolute Gasteiger partial charge is 0.258 e. The topological polar surface area (TPSA) is 88.7 Å². The van der Waals surface area contributed by atoms with E-state index in [-0.39, 0.29) is 0 Å². The van der Waals surface area contributed by atoms with E-state index in [9.17, 15) is 0 Å². The van der Waals surface area contributed by atoms with Gasteiger partial charge in [-0.1, -0.05) is 17.3 Å². The average molecular weight is 262 g/mol. The zero-order valence-electron chi connectivity index (χ0n) is 10.4. The monoisotopic (exact) mass is 262 g/mol. The molecule has 2 N–H and O–H groups in total. The van der Waals surface area contributed by atoms with Crippen LogP contribution in [0, 0.1) is 11.3 Å². The molecule has 0 aliphatic heterocycles. The van der Waals surface area contributed by atoms with Crippen molar-refractivity contribution in [2.45, 2.75) is 0 Å².